The van der Waals surface area contributed by atoms with Gasteiger partial charge in [-0.1, -0.05) is 6.07 Å². The molecule has 0 spiro atoms. The average molecular weight is 297 g/mol. The minimum Gasteiger partial charge on any atom is -0.389 e. The lowest BCUT2D eigenvalue weighted by Gasteiger charge is -2.23. The van der Waals surface area contributed by atoms with Crippen molar-refractivity contribution in [2.45, 2.75) is 26.4 Å². The third-order valence-corrected chi connectivity index (χ3v) is 3.31. The van der Waals surface area contributed by atoms with Gasteiger partial charge in [0.1, 0.15) is 0 Å². The largest absolute Gasteiger partial charge is 0.389 e. The van der Waals surface area contributed by atoms with Crippen LogP contribution in [0.2, 0.25) is 0 Å². The van der Waals surface area contributed by atoms with E-state index in [-0.39, 0.29) is 0 Å². The number of nitriles is 1. The summed E-state index contributed by atoms with van der Waals surface area (Å²) in [5.74, 6) is 0. The summed E-state index contributed by atoms with van der Waals surface area (Å²) in [6, 6.07) is 7.98. The SMILES string of the molecule is CCN(CCC#N)c1ccc([C@H](C)O)cc1Br. The Balaban J connectivity index is 2.93. The van der Waals surface area contributed by atoms with E-state index in [4.69, 9.17) is 5.26 Å². The van der Waals surface area contributed by atoms with Gasteiger partial charge in [-0.15, -0.1) is 0 Å². The number of hydrogen-bond donors (Lipinski definition) is 1. The summed E-state index contributed by atoms with van der Waals surface area (Å²) < 4.78 is 0.954. The summed E-state index contributed by atoms with van der Waals surface area (Å²) in [6.45, 7) is 5.38. The van der Waals surface area contributed by atoms with Gasteiger partial charge in [-0.3, -0.25) is 0 Å². The second kappa shape index (κ2) is 6.63. The Labute approximate surface area is 111 Å². The first-order valence-electron chi connectivity index (χ1n) is 5.69. The van der Waals surface area contributed by atoms with Gasteiger partial charge in [0.15, 0.2) is 0 Å². The highest BCUT2D eigenvalue weighted by molar-refractivity contribution is 9.10. The Kier molecular flexibility index (Phi) is 5.46. The van der Waals surface area contributed by atoms with Crippen molar-refractivity contribution in [3.8, 4) is 6.07 Å². The maximum absolute atomic E-state index is 9.50. The summed E-state index contributed by atoms with van der Waals surface area (Å²) in [5.41, 5.74) is 1.95. The first-order valence-corrected chi connectivity index (χ1v) is 6.48. The van der Waals surface area contributed by atoms with Crippen LogP contribution in [0.4, 0.5) is 5.69 Å². The number of benzene rings is 1. The van der Waals surface area contributed by atoms with Gasteiger partial charge in [0.2, 0.25) is 0 Å². The quantitative estimate of drug-likeness (QED) is 0.907. The second-order valence-electron chi connectivity index (χ2n) is 3.87. The van der Waals surface area contributed by atoms with Gasteiger partial charge >= 0.3 is 0 Å². The van der Waals surface area contributed by atoms with E-state index in [0.29, 0.717) is 6.42 Å². The van der Waals surface area contributed by atoms with E-state index < -0.39 is 6.10 Å². The fourth-order valence-electron chi connectivity index (χ4n) is 1.67. The van der Waals surface area contributed by atoms with Crippen LogP contribution in [0.5, 0.6) is 0 Å². The van der Waals surface area contributed by atoms with Crippen molar-refractivity contribution in [3.05, 3.63) is 28.2 Å². The fourth-order valence-corrected chi connectivity index (χ4v) is 2.32. The molecule has 0 aromatic heterocycles. The van der Waals surface area contributed by atoms with Crippen molar-refractivity contribution >= 4 is 21.6 Å². The molecular weight excluding hydrogens is 280 g/mol. The maximum Gasteiger partial charge on any atom is 0.0762 e. The molecule has 1 N–H and O–H groups in total. The molecule has 1 aromatic carbocycles. The molecule has 0 aliphatic rings. The molecule has 1 rings (SSSR count). The monoisotopic (exact) mass is 296 g/mol. The fraction of sp³-hybridized carbons (Fsp3) is 0.462. The van der Waals surface area contributed by atoms with Crippen LogP contribution in [0.25, 0.3) is 0 Å². The highest BCUT2D eigenvalue weighted by atomic mass is 79.9. The third-order valence-electron chi connectivity index (χ3n) is 2.67. The van der Waals surface area contributed by atoms with Gasteiger partial charge in [0.05, 0.1) is 24.3 Å². The van der Waals surface area contributed by atoms with Gasteiger partial charge in [-0.05, 0) is 47.5 Å². The Morgan fingerprint density at radius 2 is 2.24 bits per heavy atom. The molecule has 0 aliphatic heterocycles. The first-order chi connectivity index (χ1) is 8.10. The predicted octanol–water partition coefficient (Wildman–Crippen LogP) is 3.24. The number of rotatable bonds is 5. The summed E-state index contributed by atoms with van der Waals surface area (Å²) in [6.07, 6.45) is 0.0489. The zero-order valence-electron chi connectivity index (χ0n) is 10.2. The highest BCUT2D eigenvalue weighted by Gasteiger charge is 2.10. The average Bonchev–Trinajstić information content (AvgIpc) is 2.31. The lowest BCUT2D eigenvalue weighted by molar-refractivity contribution is 0.199. The summed E-state index contributed by atoms with van der Waals surface area (Å²) in [7, 11) is 0. The number of hydrogen-bond acceptors (Lipinski definition) is 3. The maximum atomic E-state index is 9.50. The van der Waals surface area contributed by atoms with Gasteiger partial charge in [-0.2, -0.15) is 5.26 Å². The lowest BCUT2D eigenvalue weighted by atomic mass is 10.1. The van der Waals surface area contributed by atoms with Crippen LogP contribution in [-0.2, 0) is 0 Å². The van der Waals surface area contributed by atoms with E-state index in [0.717, 1.165) is 28.8 Å². The van der Waals surface area contributed by atoms with Crippen LogP contribution in [0.15, 0.2) is 22.7 Å². The Bertz CT molecular complexity index is 412. The lowest BCUT2D eigenvalue weighted by Crippen LogP contribution is -2.24. The Morgan fingerprint density at radius 1 is 1.53 bits per heavy atom. The second-order valence-corrected chi connectivity index (χ2v) is 4.73. The van der Waals surface area contributed by atoms with E-state index in [1.165, 1.54) is 0 Å². The molecule has 1 atom stereocenters. The van der Waals surface area contributed by atoms with Crippen LogP contribution >= 0.6 is 15.9 Å². The molecule has 0 radical (unpaired) electrons. The van der Waals surface area contributed by atoms with Gasteiger partial charge in [-0.25, -0.2) is 0 Å². The number of aliphatic hydroxyl groups excluding tert-OH is 1. The van der Waals surface area contributed by atoms with Crippen molar-refractivity contribution < 1.29 is 5.11 Å². The Morgan fingerprint density at radius 3 is 2.71 bits per heavy atom. The van der Waals surface area contributed by atoms with Crippen LogP contribution in [-0.4, -0.2) is 18.2 Å². The Hall–Kier alpha value is -1.05. The predicted molar refractivity (Wildman–Crippen MR) is 72.9 cm³/mol. The van der Waals surface area contributed by atoms with Crippen LogP contribution < -0.4 is 4.90 Å². The molecule has 0 amide bonds. The number of halogens is 1. The summed E-state index contributed by atoms with van der Waals surface area (Å²) >= 11 is 3.51. The van der Waals surface area contributed by atoms with Crippen molar-refractivity contribution in [2.24, 2.45) is 0 Å². The molecule has 4 heteroatoms. The molecule has 0 saturated heterocycles. The molecule has 0 bridgehead atoms. The normalized spacial score (nSPS) is 11.9. The van der Waals surface area contributed by atoms with Crippen molar-refractivity contribution in [1.29, 1.82) is 5.26 Å². The molecule has 17 heavy (non-hydrogen) atoms. The molecule has 0 saturated carbocycles. The number of anilines is 1. The minimum atomic E-state index is -0.463. The molecule has 0 heterocycles. The van der Waals surface area contributed by atoms with Crippen molar-refractivity contribution in [3.63, 3.8) is 0 Å². The van der Waals surface area contributed by atoms with Crippen molar-refractivity contribution in [1.82, 2.24) is 0 Å². The number of nitrogens with zero attached hydrogens (tertiary/aromatic N) is 2. The molecule has 1 aromatic rings. The topological polar surface area (TPSA) is 47.3 Å². The van der Waals surface area contributed by atoms with Crippen LogP contribution in [0, 0.1) is 11.3 Å². The van der Waals surface area contributed by atoms with E-state index in [9.17, 15) is 5.11 Å². The van der Waals surface area contributed by atoms with Gasteiger partial charge in [0.25, 0.3) is 0 Å². The molecule has 0 aliphatic carbocycles. The molecule has 3 nitrogen and oxygen atoms in total. The molecule has 0 unspecified atom stereocenters. The molecule has 0 fully saturated rings. The third kappa shape index (κ3) is 3.72. The zero-order valence-corrected chi connectivity index (χ0v) is 11.7. The standard InChI is InChI=1S/C13H17BrN2O/c1-3-16(8-4-7-15)13-6-5-11(10(2)17)9-12(13)14/h5-6,9-10,17H,3-4,8H2,1-2H3/t10-/m0/s1. The van der Waals surface area contributed by atoms with E-state index >= 15 is 0 Å². The molecular formula is C13H17BrN2O. The zero-order chi connectivity index (χ0) is 12.8. The van der Waals surface area contributed by atoms with Crippen LogP contribution in [0.1, 0.15) is 31.9 Å². The van der Waals surface area contributed by atoms with Crippen molar-refractivity contribution in [2.75, 3.05) is 18.0 Å². The highest BCUT2D eigenvalue weighted by Crippen LogP contribution is 2.29. The molecule has 92 valence electrons. The number of aliphatic hydroxyl groups is 1. The smallest absolute Gasteiger partial charge is 0.0762 e. The summed E-state index contributed by atoms with van der Waals surface area (Å²) in [4.78, 5) is 2.14. The summed E-state index contributed by atoms with van der Waals surface area (Å²) in [5, 5.41) is 18.1. The van der Waals surface area contributed by atoms with E-state index in [1.807, 2.05) is 18.2 Å². The first kappa shape index (κ1) is 14.0. The van der Waals surface area contributed by atoms with E-state index in [1.54, 1.807) is 6.92 Å². The van der Waals surface area contributed by atoms with E-state index in [2.05, 4.69) is 33.8 Å². The minimum absolute atomic E-state index is 0.463. The van der Waals surface area contributed by atoms with Gasteiger partial charge in [0, 0.05) is 17.6 Å². The van der Waals surface area contributed by atoms with Crippen LogP contribution in [0.3, 0.4) is 0 Å². The van der Waals surface area contributed by atoms with Gasteiger partial charge < -0.3 is 10.0 Å².